The van der Waals surface area contributed by atoms with Gasteiger partial charge in [0.15, 0.2) is 0 Å². The van der Waals surface area contributed by atoms with Gasteiger partial charge in [-0.25, -0.2) is 8.42 Å². The second-order valence-electron chi connectivity index (χ2n) is 6.64. The maximum Gasteiger partial charge on any atom is 0.262 e. The van der Waals surface area contributed by atoms with E-state index in [0.29, 0.717) is 5.02 Å². The molecule has 0 saturated carbocycles. The van der Waals surface area contributed by atoms with Crippen molar-refractivity contribution in [3.05, 3.63) is 82.6 Å². The molecule has 0 spiro atoms. The highest BCUT2D eigenvalue weighted by Gasteiger charge is 2.16. The molecule has 3 aromatic rings. The summed E-state index contributed by atoms with van der Waals surface area (Å²) in [6, 6.07) is 14.6. The molecule has 0 unspecified atom stereocenters. The van der Waals surface area contributed by atoms with E-state index in [9.17, 15) is 8.42 Å². The first kappa shape index (κ1) is 19.3. The molecule has 0 aliphatic heterocycles. The second kappa shape index (κ2) is 7.25. The maximum absolute atomic E-state index is 12.7. The van der Waals surface area contributed by atoms with Crippen LogP contribution in [0.2, 0.25) is 5.02 Å². The molecular formula is C21H21ClN2O2S. The predicted molar refractivity (Wildman–Crippen MR) is 113 cm³/mol. The third-order valence-corrected chi connectivity index (χ3v) is 5.92. The van der Waals surface area contributed by atoms with E-state index in [1.807, 2.05) is 51.1 Å². The number of rotatable bonds is 5. The zero-order chi connectivity index (χ0) is 19.8. The summed E-state index contributed by atoms with van der Waals surface area (Å²) in [5.41, 5.74) is 3.71. The summed E-state index contributed by atoms with van der Waals surface area (Å²) in [4.78, 5) is 0.186. The molecule has 6 heteroatoms. The highest BCUT2D eigenvalue weighted by Crippen LogP contribution is 2.26. The summed E-state index contributed by atoms with van der Waals surface area (Å²) in [5.74, 6) is 0.174. The lowest BCUT2D eigenvalue weighted by Crippen LogP contribution is -2.26. The molecule has 3 rings (SSSR count). The van der Waals surface area contributed by atoms with Gasteiger partial charge in [0, 0.05) is 10.7 Å². The molecule has 4 nitrogen and oxygen atoms in total. The largest absolute Gasteiger partial charge is 0.341 e. The van der Waals surface area contributed by atoms with Crippen molar-refractivity contribution in [3.8, 4) is 0 Å². The van der Waals surface area contributed by atoms with E-state index in [0.717, 1.165) is 33.2 Å². The molecule has 0 heterocycles. The topological polar surface area (TPSA) is 58.2 Å². The van der Waals surface area contributed by atoms with Gasteiger partial charge in [-0.1, -0.05) is 48.0 Å². The quantitative estimate of drug-likeness (QED) is 0.612. The van der Waals surface area contributed by atoms with Gasteiger partial charge in [-0.15, -0.1) is 0 Å². The van der Waals surface area contributed by atoms with Crippen LogP contribution in [-0.2, 0) is 10.0 Å². The zero-order valence-electron chi connectivity index (χ0n) is 15.4. The Kier molecular flexibility index (Phi) is 5.18. The molecule has 0 fully saturated rings. The van der Waals surface area contributed by atoms with Crippen molar-refractivity contribution in [2.75, 3.05) is 5.32 Å². The van der Waals surface area contributed by atoms with Crippen molar-refractivity contribution in [3.63, 3.8) is 0 Å². The SMILES string of the molecule is C=C(Nc1c(C)cc(Cl)cc1C)NS(=O)(=O)c1ccc2cc(C)ccc2c1. The van der Waals surface area contributed by atoms with E-state index in [4.69, 9.17) is 11.6 Å². The average Bonchev–Trinajstić information content (AvgIpc) is 2.57. The van der Waals surface area contributed by atoms with Gasteiger partial charge in [0.25, 0.3) is 10.0 Å². The van der Waals surface area contributed by atoms with E-state index in [2.05, 4.69) is 16.6 Å². The summed E-state index contributed by atoms with van der Waals surface area (Å²) < 4.78 is 28.0. The number of hydrogen-bond donors (Lipinski definition) is 2. The number of benzene rings is 3. The van der Waals surface area contributed by atoms with Crippen molar-refractivity contribution in [1.82, 2.24) is 4.72 Å². The number of hydrogen-bond acceptors (Lipinski definition) is 3. The Bertz CT molecular complexity index is 1130. The van der Waals surface area contributed by atoms with Crippen LogP contribution in [0.15, 0.2) is 65.8 Å². The monoisotopic (exact) mass is 400 g/mol. The first-order chi connectivity index (χ1) is 12.7. The van der Waals surface area contributed by atoms with Gasteiger partial charge in [0.1, 0.15) is 5.82 Å². The first-order valence-corrected chi connectivity index (χ1v) is 10.3. The molecule has 0 radical (unpaired) electrons. The fourth-order valence-corrected chi connectivity index (χ4v) is 4.37. The van der Waals surface area contributed by atoms with Crippen LogP contribution in [-0.4, -0.2) is 8.42 Å². The van der Waals surface area contributed by atoms with Crippen molar-refractivity contribution in [1.29, 1.82) is 0 Å². The number of aryl methyl sites for hydroxylation is 3. The van der Waals surface area contributed by atoms with Gasteiger partial charge < -0.3 is 5.32 Å². The number of halogens is 1. The Labute approximate surface area is 164 Å². The van der Waals surface area contributed by atoms with Gasteiger partial charge in [0.05, 0.1) is 4.90 Å². The average molecular weight is 401 g/mol. The molecule has 0 atom stereocenters. The molecule has 0 bridgehead atoms. The third-order valence-electron chi connectivity index (χ3n) is 4.31. The van der Waals surface area contributed by atoms with Gasteiger partial charge >= 0.3 is 0 Å². The van der Waals surface area contributed by atoms with Crippen LogP contribution in [0, 0.1) is 20.8 Å². The smallest absolute Gasteiger partial charge is 0.262 e. The standard InChI is InChI=1S/C21H21ClN2O2S/c1-13-5-6-18-12-20(8-7-17(18)9-13)27(25,26)24-16(4)23-21-14(2)10-19(22)11-15(21)3/h5-12,23-24H,4H2,1-3H3. The van der Waals surface area contributed by atoms with E-state index >= 15 is 0 Å². The van der Waals surface area contributed by atoms with Gasteiger partial charge in [-0.05, 0) is 66.9 Å². The third kappa shape index (κ3) is 4.26. The highest BCUT2D eigenvalue weighted by atomic mass is 35.5. The van der Waals surface area contributed by atoms with Crippen molar-refractivity contribution in [2.45, 2.75) is 25.7 Å². The first-order valence-electron chi connectivity index (χ1n) is 8.41. The van der Waals surface area contributed by atoms with Crippen molar-refractivity contribution >= 4 is 38.1 Å². The molecular weight excluding hydrogens is 380 g/mol. The second-order valence-corrected chi connectivity index (χ2v) is 8.75. The summed E-state index contributed by atoms with van der Waals surface area (Å²) in [5, 5.41) is 5.53. The number of nitrogens with one attached hydrogen (secondary N) is 2. The Morgan fingerprint density at radius 1 is 0.926 bits per heavy atom. The normalized spacial score (nSPS) is 11.4. The molecule has 2 N–H and O–H groups in total. The lowest BCUT2D eigenvalue weighted by Gasteiger charge is -2.17. The summed E-state index contributed by atoms with van der Waals surface area (Å²) in [6.45, 7) is 9.60. The molecule has 27 heavy (non-hydrogen) atoms. The van der Waals surface area contributed by atoms with Crippen LogP contribution < -0.4 is 10.0 Å². The van der Waals surface area contributed by atoms with E-state index in [-0.39, 0.29) is 10.7 Å². The van der Waals surface area contributed by atoms with E-state index < -0.39 is 10.0 Å². The summed E-state index contributed by atoms with van der Waals surface area (Å²) in [6.07, 6.45) is 0. The minimum Gasteiger partial charge on any atom is -0.341 e. The zero-order valence-corrected chi connectivity index (χ0v) is 17.0. The molecule has 3 aromatic carbocycles. The molecule has 0 aromatic heterocycles. The highest BCUT2D eigenvalue weighted by molar-refractivity contribution is 7.89. The van der Waals surface area contributed by atoms with Crippen molar-refractivity contribution < 1.29 is 8.42 Å². The lowest BCUT2D eigenvalue weighted by molar-refractivity contribution is 0.589. The Hall–Kier alpha value is -2.50. The number of fused-ring (bicyclic) bond motifs is 1. The van der Waals surface area contributed by atoms with Crippen LogP contribution in [0.3, 0.4) is 0 Å². The van der Waals surface area contributed by atoms with Crippen LogP contribution in [0.25, 0.3) is 10.8 Å². The predicted octanol–water partition coefficient (Wildman–Crippen LogP) is 5.28. The molecule has 0 saturated heterocycles. The van der Waals surface area contributed by atoms with Crippen LogP contribution in [0.5, 0.6) is 0 Å². The maximum atomic E-state index is 12.7. The van der Waals surface area contributed by atoms with Crippen molar-refractivity contribution in [2.24, 2.45) is 0 Å². The van der Waals surface area contributed by atoms with E-state index in [1.165, 1.54) is 0 Å². The van der Waals surface area contributed by atoms with Crippen LogP contribution >= 0.6 is 11.6 Å². The number of sulfonamides is 1. The number of anilines is 1. The molecule has 140 valence electrons. The molecule has 0 aliphatic rings. The summed E-state index contributed by atoms with van der Waals surface area (Å²) in [7, 11) is -3.75. The Morgan fingerprint density at radius 3 is 2.19 bits per heavy atom. The molecule has 0 amide bonds. The van der Waals surface area contributed by atoms with Crippen LogP contribution in [0.1, 0.15) is 16.7 Å². The lowest BCUT2D eigenvalue weighted by atomic mass is 10.1. The molecule has 0 aliphatic carbocycles. The fourth-order valence-electron chi connectivity index (χ4n) is 3.02. The van der Waals surface area contributed by atoms with Gasteiger partial charge in [0.2, 0.25) is 0 Å². The van der Waals surface area contributed by atoms with E-state index in [1.54, 1.807) is 18.2 Å². The van der Waals surface area contributed by atoms with Crippen LogP contribution in [0.4, 0.5) is 5.69 Å². The van der Waals surface area contributed by atoms with Gasteiger partial charge in [-0.2, -0.15) is 0 Å². The Balaban J connectivity index is 1.84. The van der Waals surface area contributed by atoms with Gasteiger partial charge in [-0.3, -0.25) is 4.72 Å². The minimum atomic E-state index is -3.75. The summed E-state index contributed by atoms with van der Waals surface area (Å²) >= 11 is 6.04. The minimum absolute atomic E-state index is 0.174. The Morgan fingerprint density at radius 2 is 1.52 bits per heavy atom. The fraction of sp³-hybridized carbons (Fsp3) is 0.143.